The largest absolute Gasteiger partial charge is 0.495 e. The summed E-state index contributed by atoms with van der Waals surface area (Å²) in [6, 6.07) is 16.4. The van der Waals surface area contributed by atoms with Crippen molar-refractivity contribution in [2.24, 2.45) is 0 Å². The number of ether oxygens (including phenoxy) is 1. The van der Waals surface area contributed by atoms with Gasteiger partial charge in [0.05, 0.1) is 18.4 Å². The molecule has 0 aromatic heterocycles. The van der Waals surface area contributed by atoms with Crippen molar-refractivity contribution in [2.75, 3.05) is 12.4 Å². The van der Waals surface area contributed by atoms with Crippen LogP contribution < -0.4 is 20.9 Å². The Labute approximate surface area is 121 Å². The fraction of sp³-hybridized carbons (Fsp3) is 0.0588. The van der Waals surface area contributed by atoms with Crippen LogP contribution in [0, 0.1) is 0 Å². The van der Waals surface area contributed by atoms with Crippen LogP contribution in [0.3, 0.4) is 0 Å². The molecule has 0 spiro atoms. The second kappa shape index (κ2) is 5.25. The summed E-state index contributed by atoms with van der Waals surface area (Å²) >= 11 is 0. The number of nitrogens with one attached hydrogen (secondary N) is 1. The zero-order valence-electron chi connectivity index (χ0n) is 11.4. The van der Waals surface area contributed by atoms with Crippen molar-refractivity contribution < 1.29 is 4.74 Å². The molecule has 0 aliphatic rings. The molecule has 0 atom stereocenters. The summed E-state index contributed by atoms with van der Waals surface area (Å²) in [5.74, 6) is 0.615. The first kappa shape index (κ1) is 13.1. The average molecular weight is 279 g/mol. The third-order valence-corrected chi connectivity index (χ3v) is 3.34. The first-order valence-electron chi connectivity index (χ1n) is 6.51. The molecule has 0 aliphatic carbocycles. The summed E-state index contributed by atoms with van der Waals surface area (Å²) in [6.07, 6.45) is 0. The molecule has 0 fully saturated rings. The predicted molar refractivity (Wildman–Crippen MR) is 83.1 cm³/mol. The van der Waals surface area contributed by atoms with Crippen molar-refractivity contribution in [3.63, 3.8) is 0 Å². The van der Waals surface area contributed by atoms with E-state index in [2.05, 4.69) is 5.32 Å². The van der Waals surface area contributed by atoms with Gasteiger partial charge < -0.3 is 10.1 Å². The van der Waals surface area contributed by atoms with Gasteiger partial charge >= 0.3 is 0 Å². The van der Waals surface area contributed by atoms with Crippen molar-refractivity contribution >= 4 is 11.4 Å². The second-order valence-corrected chi connectivity index (χ2v) is 4.60. The van der Waals surface area contributed by atoms with E-state index in [9.17, 15) is 9.59 Å². The highest BCUT2D eigenvalue weighted by molar-refractivity contribution is 5.85. The normalized spacial score (nSPS) is 10.5. The SMILES string of the molecule is COc1ccccc1Nc1c(-c2ccccc2)c(=O)c1=O. The lowest BCUT2D eigenvalue weighted by Gasteiger charge is -2.15. The van der Waals surface area contributed by atoms with Crippen LogP contribution in [-0.4, -0.2) is 7.11 Å². The standard InChI is InChI=1S/C17H13NO3/c1-21-13-10-6-5-9-12(13)18-15-14(16(19)17(15)20)11-7-3-2-4-8-11/h2-10,18H,1H3. The third-order valence-electron chi connectivity index (χ3n) is 3.34. The molecule has 0 aliphatic heterocycles. The number of methoxy groups -OCH3 is 1. The maximum atomic E-state index is 11.8. The van der Waals surface area contributed by atoms with Gasteiger partial charge in [0.2, 0.25) is 5.43 Å². The quantitative estimate of drug-likeness (QED) is 0.746. The monoisotopic (exact) mass is 279 g/mol. The average Bonchev–Trinajstić information content (AvgIpc) is 2.55. The van der Waals surface area contributed by atoms with Gasteiger partial charge in [-0.1, -0.05) is 42.5 Å². The van der Waals surface area contributed by atoms with Crippen molar-refractivity contribution in [1.82, 2.24) is 0 Å². The number of anilines is 2. The maximum absolute atomic E-state index is 11.8. The Balaban J connectivity index is 2.04. The van der Waals surface area contributed by atoms with E-state index in [-0.39, 0.29) is 0 Å². The summed E-state index contributed by atoms with van der Waals surface area (Å²) in [5.41, 5.74) is 1.17. The second-order valence-electron chi connectivity index (χ2n) is 4.60. The van der Waals surface area contributed by atoms with Gasteiger partial charge in [0.25, 0.3) is 5.43 Å². The molecule has 0 bridgehead atoms. The third kappa shape index (κ3) is 2.21. The number of hydrogen-bond acceptors (Lipinski definition) is 4. The molecule has 1 N–H and O–H groups in total. The molecule has 4 heteroatoms. The van der Waals surface area contributed by atoms with E-state index in [1.54, 1.807) is 19.2 Å². The molecule has 0 amide bonds. The van der Waals surface area contributed by atoms with Gasteiger partial charge in [-0.15, -0.1) is 0 Å². The zero-order valence-corrected chi connectivity index (χ0v) is 11.4. The molecular weight excluding hydrogens is 266 g/mol. The molecule has 3 aromatic carbocycles. The first-order valence-corrected chi connectivity index (χ1v) is 6.51. The van der Waals surface area contributed by atoms with Crippen LogP contribution in [-0.2, 0) is 0 Å². The van der Waals surface area contributed by atoms with Crippen molar-refractivity contribution in [3.8, 4) is 16.9 Å². The van der Waals surface area contributed by atoms with Gasteiger partial charge in [-0.2, -0.15) is 0 Å². The van der Waals surface area contributed by atoms with Crippen molar-refractivity contribution in [1.29, 1.82) is 0 Å². The molecule has 4 nitrogen and oxygen atoms in total. The number of hydrogen-bond donors (Lipinski definition) is 1. The lowest BCUT2D eigenvalue weighted by molar-refractivity contribution is 0.417. The van der Waals surface area contributed by atoms with E-state index in [1.807, 2.05) is 42.5 Å². The summed E-state index contributed by atoms with van der Waals surface area (Å²) in [4.78, 5) is 23.7. The zero-order chi connectivity index (χ0) is 14.8. The van der Waals surface area contributed by atoms with Crippen LogP contribution in [0.15, 0.2) is 64.2 Å². The van der Waals surface area contributed by atoms with E-state index in [4.69, 9.17) is 4.74 Å². The highest BCUT2D eigenvalue weighted by atomic mass is 16.5. The van der Waals surface area contributed by atoms with Crippen LogP contribution >= 0.6 is 0 Å². The Morgan fingerprint density at radius 1 is 0.857 bits per heavy atom. The summed E-state index contributed by atoms with van der Waals surface area (Å²) in [6.45, 7) is 0. The summed E-state index contributed by atoms with van der Waals surface area (Å²) in [7, 11) is 1.56. The Morgan fingerprint density at radius 2 is 1.52 bits per heavy atom. The van der Waals surface area contributed by atoms with Crippen LogP contribution in [0.5, 0.6) is 5.75 Å². The van der Waals surface area contributed by atoms with Gasteiger partial charge in [-0.3, -0.25) is 9.59 Å². The van der Waals surface area contributed by atoms with Gasteiger partial charge in [0.15, 0.2) is 0 Å². The molecule has 3 rings (SSSR count). The number of para-hydroxylation sites is 2. The van der Waals surface area contributed by atoms with E-state index in [0.29, 0.717) is 22.7 Å². The maximum Gasteiger partial charge on any atom is 0.250 e. The highest BCUT2D eigenvalue weighted by Crippen LogP contribution is 2.30. The fourth-order valence-corrected chi connectivity index (χ4v) is 2.27. The minimum Gasteiger partial charge on any atom is -0.495 e. The molecule has 3 aromatic rings. The summed E-state index contributed by atoms with van der Waals surface area (Å²) in [5, 5.41) is 3.01. The highest BCUT2D eigenvalue weighted by Gasteiger charge is 2.22. The van der Waals surface area contributed by atoms with Crippen LogP contribution in [0.25, 0.3) is 11.1 Å². The summed E-state index contributed by atoms with van der Waals surface area (Å²) < 4.78 is 5.24. The topological polar surface area (TPSA) is 55.4 Å². The van der Waals surface area contributed by atoms with Gasteiger partial charge in [0, 0.05) is 0 Å². The van der Waals surface area contributed by atoms with Gasteiger partial charge in [0.1, 0.15) is 11.4 Å². The minimum absolute atomic E-state index is 0.315. The first-order chi connectivity index (χ1) is 10.2. The van der Waals surface area contributed by atoms with E-state index in [0.717, 1.165) is 5.56 Å². The number of rotatable bonds is 4. The van der Waals surface area contributed by atoms with Crippen molar-refractivity contribution in [2.45, 2.75) is 0 Å². The molecule has 0 saturated heterocycles. The van der Waals surface area contributed by atoms with Gasteiger partial charge in [-0.05, 0) is 17.7 Å². The molecular formula is C17H13NO3. The van der Waals surface area contributed by atoms with Gasteiger partial charge in [-0.25, -0.2) is 0 Å². The molecule has 104 valence electrons. The Hall–Kier alpha value is -2.88. The fourth-order valence-electron chi connectivity index (χ4n) is 2.27. The molecule has 0 unspecified atom stereocenters. The molecule has 0 saturated carbocycles. The molecule has 0 heterocycles. The van der Waals surface area contributed by atoms with E-state index < -0.39 is 10.9 Å². The Kier molecular flexibility index (Phi) is 3.28. The van der Waals surface area contributed by atoms with E-state index >= 15 is 0 Å². The van der Waals surface area contributed by atoms with Crippen LogP contribution in [0.4, 0.5) is 11.4 Å². The van der Waals surface area contributed by atoms with Crippen LogP contribution in [0.2, 0.25) is 0 Å². The smallest absolute Gasteiger partial charge is 0.250 e. The lowest BCUT2D eigenvalue weighted by Crippen LogP contribution is -2.35. The molecule has 0 radical (unpaired) electrons. The molecule has 21 heavy (non-hydrogen) atoms. The Morgan fingerprint density at radius 3 is 2.24 bits per heavy atom. The van der Waals surface area contributed by atoms with Crippen LogP contribution in [0.1, 0.15) is 0 Å². The van der Waals surface area contributed by atoms with Crippen molar-refractivity contribution in [3.05, 3.63) is 75.0 Å². The number of benzene rings is 2. The Bertz CT molecular complexity index is 846. The minimum atomic E-state index is -0.500. The van der Waals surface area contributed by atoms with E-state index in [1.165, 1.54) is 0 Å². The lowest BCUT2D eigenvalue weighted by atomic mass is 9.98. The predicted octanol–water partition coefficient (Wildman–Crippen LogP) is 2.70.